The number of hydrogen-bond acceptors (Lipinski definition) is 1. The molecule has 0 saturated carbocycles. The number of fused-ring (bicyclic) bond motifs is 11. The van der Waals surface area contributed by atoms with E-state index in [-0.39, 0.29) is 0 Å². The third kappa shape index (κ3) is 3.72. The molecule has 0 bridgehead atoms. The molecule has 4 heterocycles. The second-order valence-electron chi connectivity index (χ2n) is 13.6. The van der Waals surface area contributed by atoms with Gasteiger partial charge in [0.25, 0.3) is 0 Å². The molecule has 234 valence electrons. The minimum Gasteiger partial charge on any atom is -0.309 e. The largest absolute Gasteiger partial charge is 0.309 e. The summed E-state index contributed by atoms with van der Waals surface area (Å²) < 4.78 is 4.96. The maximum absolute atomic E-state index is 5.37. The van der Waals surface area contributed by atoms with E-state index in [2.05, 4.69) is 174 Å². The lowest BCUT2D eigenvalue weighted by Crippen LogP contribution is -2.25. The first kappa shape index (κ1) is 27.5. The Labute approximate surface area is 288 Å². The van der Waals surface area contributed by atoms with Crippen LogP contribution in [-0.4, -0.2) is 8.97 Å². The van der Waals surface area contributed by atoms with E-state index in [1.54, 1.807) is 0 Å². The molecule has 7 aromatic carbocycles. The molecule has 0 radical (unpaired) electrons. The van der Waals surface area contributed by atoms with Gasteiger partial charge in [0, 0.05) is 43.6 Å². The van der Waals surface area contributed by atoms with Gasteiger partial charge in [0.15, 0.2) is 0 Å². The summed E-state index contributed by atoms with van der Waals surface area (Å²) in [5.41, 5.74) is 13.4. The van der Waals surface area contributed by atoms with Gasteiger partial charge in [-0.15, -0.1) is 0 Å². The Bertz CT molecular complexity index is 3160. The number of benzene rings is 7. The average Bonchev–Trinajstić information content (AvgIpc) is 3.77. The van der Waals surface area contributed by atoms with E-state index in [0.717, 1.165) is 28.7 Å². The molecule has 0 saturated heterocycles. The highest BCUT2D eigenvalue weighted by molar-refractivity contribution is 6.34. The average molecular weight is 638 g/mol. The molecule has 11 rings (SSSR count). The van der Waals surface area contributed by atoms with E-state index in [9.17, 15) is 0 Å². The molecule has 3 aromatic heterocycles. The van der Waals surface area contributed by atoms with Gasteiger partial charge in [-0.1, -0.05) is 121 Å². The van der Waals surface area contributed by atoms with Crippen molar-refractivity contribution >= 4 is 76.7 Å². The molecule has 3 nitrogen and oxygen atoms in total. The van der Waals surface area contributed by atoms with Crippen molar-refractivity contribution in [2.45, 2.75) is 13.3 Å². The number of nitrogens with zero attached hydrogens (tertiary/aromatic N) is 3. The van der Waals surface area contributed by atoms with E-state index < -0.39 is 0 Å². The van der Waals surface area contributed by atoms with E-state index in [1.807, 2.05) is 0 Å². The minimum atomic E-state index is 0.848. The molecule has 0 fully saturated rings. The normalized spacial score (nSPS) is 13.7. The van der Waals surface area contributed by atoms with Gasteiger partial charge in [0.2, 0.25) is 0 Å². The second-order valence-corrected chi connectivity index (χ2v) is 13.6. The van der Waals surface area contributed by atoms with Crippen molar-refractivity contribution < 1.29 is 0 Å². The Balaban J connectivity index is 1.21. The van der Waals surface area contributed by atoms with Gasteiger partial charge in [-0.2, -0.15) is 0 Å². The fourth-order valence-corrected chi connectivity index (χ4v) is 8.67. The van der Waals surface area contributed by atoms with Gasteiger partial charge in [-0.25, -0.2) is 4.99 Å². The SMILES string of the molecule is CC1=c2ccccc2=NC(c2ccc(-n3c4ccccc4c4cc5c6ccccc6n6c7ccccc7c(c43)c56)cc2)=C(c2ccccc2)C1. The van der Waals surface area contributed by atoms with E-state index in [4.69, 9.17) is 4.99 Å². The summed E-state index contributed by atoms with van der Waals surface area (Å²) in [6.45, 7) is 2.24. The molecule has 0 N–H and O–H groups in total. The van der Waals surface area contributed by atoms with Crippen molar-refractivity contribution in [1.29, 1.82) is 0 Å². The molecule has 3 heteroatoms. The Hall–Kier alpha value is -6.45. The summed E-state index contributed by atoms with van der Waals surface area (Å²) in [6, 6.07) is 57.4. The highest BCUT2D eigenvalue weighted by atomic mass is 15.0. The molecular formula is C47H31N3. The molecular weight excluding hydrogens is 607 g/mol. The Kier molecular flexibility index (Phi) is 5.65. The summed E-state index contributed by atoms with van der Waals surface area (Å²) in [5.74, 6) is 0. The third-order valence-corrected chi connectivity index (χ3v) is 10.8. The molecule has 0 aliphatic carbocycles. The number of rotatable bonds is 3. The highest BCUT2D eigenvalue weighted by Gasteiger charge is 2.24. The third-order valence-electron chi connectivity index (χ3n) is 10.8. The van der Waals surface area contributed by atoms with Crippen molar-refractivity contribution in [3.63, 3.8) is 0 Å². The van der Waals surface area contributed by atoms with Crippen LogP contribution in [0.25, 0.3) is 82.4 Å². The lowest BCUT2D eigenvalue weighted by atomic mass is 9.94. The van der Waals surface area contributed by atoms with Crippen LogP contribution in [0.15, 0.2) is 163 Å². The van der Waals surface area contributed by atoms with Gasteiger partial charge in [0.05, 0.1) is 38.6 Å². The summed E-state index contributed by atoms with van der Waals surface area (Å²) in [7, 11) is 0. The summed E-state index contributed by atoms with van der Waals surface area (Å²) >= 11 is 0. The predicted molar refractivity (Wildman–Crippen MR) is 210 cm³/mol. The zero-order chi connectivity index (χ0) is 32.9. The van der Waals surface area contributed by atoms with Gasteiger partial charge in [-0.05, 0) is 72.2 Å². The van der Waals surface area contributed by atoms with Gasteiger partial charge < -0.3 is 8.97 Å². The second kappa shape index (κ2) is 10.3. The number of hydrogen-bond donors (Lipinski definition) is 0. The molecule has 0 amide bonds. The van der Waals surface area contributed by atoms with Crippen LogP contribution in [0.2, 0.25) is 0 Å². The van der Waals surface area contributed by atoms with Crippen molar-refractivity contribution in [1.82, 2.24) is 8.97 Å². The highest BCUT2D eigenvalue weighted by Crippen LogP contribution is 2.46. The smallest absolute Gasteiger partial charge is 0.0750 e. The van der Waals surface area contributed by atoms with Crippen molar-refractivity contribution in [2.24, 2.45) is 4.99 Å². The summed E-state index contributed by atoms with van der Waals surface area (Å²) in [4.78, 5) is 5.37. The first-order valence-electron chi connectivity index (χ1n) is 17.4. The molecule has 1 aliphatic heterocycles. The van der Waals surface area contributed by atoms with Crippen LogP contribution < -0.4 is 10.6 Å². The lowest BCUT2D eigenvalue weighted by Gasteiger charge is -2.14. The molecule has 0 atom stereocenters. The van der Waals surface area contributed by atoms with Gasteiger partial charge >= 0.3 is 0 Å². The number of para-hydroxylation sites is 4. The van der Waals surface area contributed by atoms with Crippen molar-refractivity contribution in [3.8, 4) is 5.69 Å². The van der Waals surface area contributed by atoms with Crippen molar-refractivity contribution in [3.05, 3.63) is 179 Å². The molecule has 0 unspecified atom stereocenters. The topological polar surface area (TPSA) is 21.7 Å². The van der Waals surface area contributed by atoms with Crippen molar-refractivity contribution in [2.75, 3.05) is 0 Å². The Morgan fingerprint density at radius 2 is 1.10 bits per heavy atom. The van der Waals surface area contributed by atoms with Crippen LogP contribution in [0.1, 0.15) is 24.5 Å². The molecule has 50 heavy (non-hydrogen) atoms. The lowest BCUT2D eigenvalue weighted by molar-refractivity contribution is 1.18. The summed E-state index contributed by atoms with van der Waals surface area (Å²) in [6.07, 6.45) is 0.848. The molecule has 1 aliphatic rings. The minimum absolute atomic E-state index is 0.848. The standard InChI is InChI=1S/C47H31N3/c1-29-27-37(30-13-3-2-4-14-30)45(48-40-19-9-5-15-33(29)40)31-23-25-32(26-24-31)49-41-20-10-6-16-34(41)38-28-39-35-17-7-11-21-42(35)50-43-22-12-8-18-36(43)44(46(38)49)47(39)50/h2-26,28H,27H2,1H3. The van der Waals surface area contributed by atoms with Crippen LogP contribution in [0.5, 0.6) is 0 Å². The summed E-state index contributed by atoms with van der Waals surface area (Å²) in [5, 5.41) is 9.98. The quantitative estimate of drug-likeness (QED) is 0.184. The van der Waals surface area contributed by atoms with Crippen LogP contribution in [0, 0.1) is 0 Å². The van der Waals surface area contributed by atoms with Crippen LogP contribution in [-0.2, 0) is 0 Å². The van der Waals surface area contributed by atoms with Gasteiger partial charge in [-0.3, -0.25) is 0 Å². The first-order chi connectivity index (χ1) is 24.7. The number of aromatic nitrogens is 2. The van der Waals surface area contributed by atoms with Crippen LogP contribution >= 0.6 is 0 Å². The fourth-order valence-electron chi connectivity index (χ4n) is 8.67. The number of allylic oxidation sites excluding steroid dienone is 1. The van der Waals surface area contributed by atoms with Gasteiger partial charge in [0.1, 0.15) is 0 Å². The Morgan fingerprint density at radius 1 is 0.500 bits per heavy atom. The maximum atomic E-state index is 5.37. The first-order valence-corrected chi connectivity index (χ1v) is 17.4. The fraction of sp³-hybridized carbons (Fsp3) is 0.0426. The van der Waals surface area contributed by atoms with E-state index in [1.165, 1.54) is 81.8 Å². The molecule has 10 aromatic rings. The zero-order valence-electron chi connectivity index (χ0n) is 27.6. The maximum Gasteiger partial charge on any atom is 0.0750 e. The Morgan fingerprint density at radius 3 is 1.88 bits per heavy atom. The monoisotopic (exact) mass is 637 g/mol. The van der Waals surface area contributed by atoms with Crippen LogP contribution in [0.3, 0.4) is 0 Å². The van der Waals surface area contributed by atoms with E-state index >= 15 is 0 Å². The predicted octanol–water partition coefficient (Wildman–Crippen LogP) is 10.7. The van der Waals surface area contributed by atoms with E-state index in [0.29, 0.717) is 0 Å². The zero-order valence-corrected chi connectivity index (χ0v) is 27.6. The molecule has 0 spiro atoms. The van der Waals surface area contributed by atoms with Crippen LogP contribution in [0.4, 0.5) is 0 Å².